The first-order chi connectivity index (χ1) is 19.3. The number of hydrogen-bond donors (Lipinski definition) is 4. The molecule has 0 aliphatic carbocycles. The molecule has 12 nitrogen and oxygen atoms in total. The Morgan fingerprint density at radius 1 is 1.32 bits per heavy atom. The lowest BCUT2D eigenvalue weighted by atomic mass is 10.00. The fraction of sp³-hybridized carbons (Fsp3) is 0.250. The summed E-state index contributed by atoms with van der Waals surface area (Å²) >= 11 is 6.04. The molecule has 0 bridgehead atoms. The highest BCUT2D eigenvalue weighted by Gasteiger charge is 2.21. The number of halogens is 2. The third kappa shape index (κ3) is 5.79. The molecule has 5 N–H and O–H groups in total. The number of anilines is 3. The fourth-order valence-electron chi connectivity index (χ4n) is 3.76. The van der Waals surface area contributed by atoms with E-state index in [1.165, 1.54) is 30.3 Å². The fourth-order valence-corrected chi connectivity index (χ4v) is 3.90. The van der Waals surface area contributed by atoms with Crippen LogP contribution in [0.3, 0.4) is 0 Å². The smallest absolute Gasteiger partial charge is 0.273 e. The summed E-state index contributed by atoms with van der Waals surface area (Å²) in [6.45, 7) is -2.77. The topological polar surface area (TPSA) is 166 Å². The van der Waals surface area contributed by atoms with E-state index in [1.807, 2.05) is 5.32 Å². The number of benzene rings is 1. The van der Waals surface area contributed by atoms with Crippen LogP contribution in [0.15, 0.2) is 36.7 Å². The Morgan fingerprint density at radius 3 is 2.84 bits per heavy atom. The van der Waals surface area contributed by atoms with Crippen LogP contribution in [0.4, 0.5) is 21.6 Å². The summed E-state index contributed by atoms with van der Waals surface area (Å²) in [5, 5.41) is 27.2. The molecule has 1 aromatic carbocycles. The molecule has 1 amide bonds. The number of carbonyl (C=O) groups excluding carboxylic acids is 1. The van der Waals surface area contributed by atoms with Gasteiger partial charge in [0.25, 0.3) is 5.91 Å². The third-order valence-electron chi connectivity index (χ3n) is 5.47. The van der Waals surface area contributed by atoms with Gasteiger partial charge < -0.3 is 26.2 Å². The quantitative estimate of drug-likeness (QED) is 0.246. The van der Waals surface area contributed by atoms with Crippen LogP contribution in [-0.4, -0.2) is 55.0 Å². The van der Waals surface area contributed by atoms with Crippen molar-refractivity contribution >= 4 is 34.7 Å². The first kappa shape index (κ1) is 22.8. The van der Waals surface area contributed by atoms with Gasteiger partial charge in [0.15, 0.2) is 22.4 Å². The Labute approximate surface area is 226 Å². The molecule has 0 aliphatic rings. The number of aliphatic hydroxyl groups is 1. The van der Waals surface area contributed by atoms with Crippen molar-refractivity contribution in [2.75, 3.05) is 25.1 Å². The van der Waals surface area contributed by atoms with Crippen molar-refractivity contribution in [3.05, 3.63) is 64.6 Å². The molecule has 198 valence electrons. The van der Waals surface area contributed by atoms with Gasteiger partial charge in [0, 0.05) is 24.2 Å². The molecule has 4 aromatic rings. The van der Waals surface area contributed by atoms with Crippen LogP contribution >= 0.6 is 11.6 Å². The van der Waals surface area contributed by atoms with Crippen molar-refractivity contribution in [2.45, 2.75) is 18.9 Å². The predicted molar refractivity (Wildman–Crippen MR) is 139 cm³/mol. The molecule has 1 unspecified atom stereocenters. The van der Waals surface area contributed by atoms with E-state index in [2.05, 4.69) is 30.6 Å². The van der Waals surface area contributed by atoms with E-state index in [1.54, 1.807) is 19.2 Å². The Kier molecular flexibility index (Phi) is 6.82. The number of amides is 1. The van der Waals surface area contributed by atoms with E-state index in [9.17, 15) is 14.3 Å². The summed E-state index contributed by atoms with van der Waals surface area (Å²) in [6.07, 6.45) is 0.545. The van der Waals surface area contributed by atoms with Gasteiger partial charge in [-0.05, 0) is 42.7 Å². The molecule has 0 aliphatic heterocycles. The number of nitrogen functional groups attached to an aromatic ring is 1. The number of methoxy groups -OCH3 is 1. The van der Waals surface area contributed by atoms with Gasteiger partial charge in [0.1, 0.15) is 23.7 Å². The van der Waals surface area contributed by atoms with Gasteiger partial charge in [-0.15, -0.1) is 10.2 Å². The van der Waals surface area contributed by atoms with E-state index in [4.69, 9.17) is 26.2 Å². The Balaban J connectivity index is 1.75. The van der Waals surface area contributed by atoms with Crippen molar-refractivity contribution in [3.63, 3.8) is 0 Å². The monoisotopic (exact) mass is 544 g/mol. The maximum Gasteiger partial charge on any atom is 0.273 e. The van der Waals surface area contributed by atoms with Crippen molar-refractivity contribution in [2.24, 2.45) is 7.05 Å². The zero-order valence-electron chi connectivity index (χ0n) is 23.2. The number of aromatic nitrogens is 6. The van der Waals surface area contributed by atoms with Gasteiger partial charge in [-0.3, -0.25) is 9.48 Å². The number of carbonyl (C=O) groups is 1. The molecule has 38 heavy (non-hydrogen) atoms. The van der Waals surface area contributed by atoms with Gasteiger partial charge in [0.05, 0.1) is 30.2 Å². The second kappa shape index (κ2) is 11.4. The summed E-state index contributed by atoms with van der Waals surface area (Å²) in [6, 6.07) is 7.14. The average Bonchev–Trinajstić information content (AvgIpc) is 3.33. The van der Waals surface area contributed by atoms with Crippen LogP contribution in [0.5, 0.6) is 5.75 Å². The van der Waals surface area contributed by atoms with Crippen LogP contribution in [0.1, 0.15) is 38.4 Å². The first-order valence-electron chi connectivity index (χ1n) is 12.6. The minimum Gasteiger partial charge on any atom is -0.494 e. The number of aliphatic hydroxyl groups excluding tert-OH is 1. The molecule has 0 spiro atoms. The van der Waals surface area contributed by atoms with Crippen LogP contribution in [0.2, 0.25) is 5.15 Å². The van der Waals surface area contributed by atoms with E-state index in [0.29, 0.717) is 22.6 Å². The minimum atomic E-state index is -2.77. The lowest BCUT2D eigenvalue weighted by Gasteiger charge is -2.18. The number of nitrogens with zero attached hydrogens (tertiary/aromatic N) is 6. The van der Waals surface area contributed by atoms with Crippen molar-refractivity contribution in [1.82, 2.24) is 35.3 Å². The van der Waals surface area contributed by atoms with E-state index >= 15 is 0 Å². The highest BCUT2D eigenvalue weighted by Crippen LogP contribution is 2.39. The molecule has 3 aromatic heterocycles. The lowest BCUT2D eigenvalue weighted by Crippen LogP contribution is -2.21. The minimum absolute atomic E-state index is 0.0354. The number of hydrogen-bond acceptors (Lipinski definition) is 10. The SMILES string of the molecule is [2H]C([2H])([2H])NC(=O)c1nnc(Cl)cc1Nc1cc(CCC(O)c2nc(N)ccc2F)cc(-c2ncn(C)n2)c1OC. The second-order valence-electron chi connectivity index (χ2n) is 8.13. The molecular formula is C24H25ClFN9O3. The van der Waals surface area contributed by atoms with Crippen LogP contribution in [-0.2, 0) is 13.5 Å². The van der Waals surface area contributed by atoms with Gasteiger partial charge in [0.2, 0.25) is 0 Å². The van der Waals surface area contributed by atoms with E-state index in [-0.39, 0.29) is 46.6 Å². The molecule has 0 saturated carbocycles. The predicted octanol–water partition coefficient (Wildman–Crippen LogP) is 2.82. The van der Waals surface area contributed by atoms with Crippen molar-refractivity contribution < 1.29 is 23.1 Å². The molecule has 0 fully saturated rings. The summed E-state index contributed by atoms with van der Waals surface area (Å²) in [5.74, 6) is -1.04. The van der Waals surface area contributed by atoms with Gasteiger partial charge >= 0.3 is 0 Å². The Hall–Kier alpha value is -4.36. The lowest BCUT2D eigenvalue weighted by molar-refractivity contribution is 0.0958. The normalized spacial score (nSPS) is 13.2. The second-order valence-corrected chi connectivity index (χ2v) is 8.52. The summed E-state index contributed by atoms with van der Waals surface area (Å²) < 4.78 is 43.5. The molecular weight excluding hydrogens is 517 g/mol. The molecule has 14 heteroatoms. The number of nitrogens with one attached hydrogen (secondary N) is 2. The van der Waals surface area contributed by atoms with E-state index < -0.39 is 24.8 Å². The summed E-state index contributed by atoms with van der Waals surface area (Å²) in [4.78, 5) is 20.9. The first-order valence-corrected chi connectivity index (χ1v) is 11.5. The molecule has 0 saturated heterocycles. The van der Waals surface area contributed by atoms with Crippen LogP contribution in [0, 0.1) is 5.82 Å². The number of aryl methyl sites for hydroxylation is 2. The maximum atomic E-state index is 14.3. The number of ether oxygens (including phenoxy) is 1. The Morgan fingerprint density at radius 2 is 2.13 bits per heavy atom. The van der Waals surface area contributed by atoms with Crippen molar-refractivity contribution in [3.8, 4) is 17.1 Å². The largest absolute Gasteiger partial charge is 0.494 e. The zero-order valence-corrected chi connectivity index (χ0v) is 21.0. The van der Waals surface area contributed by atoms with Crippen molar-refractivity contribution in [1.29, 1.82) is 0 Å². The van der Waals surface area contributed by atoms with Crippen LogP contribution < -0.4 is 21.1 Å². The molecule has 3 heterocycles. The standard InChI is InChI=1S/C24H25ClFN9O3/c1-28-24(37)21-15(10-18(25)32-33-21)30-16-9-12(4-6-17(36)20-14(26)5-7-19(27)31-20)8-13(22(16)38-3)23-29-11-35(2)34-23/h5,7-11,17,36H,4,6H2,1-3H3,(H2,27,31)(H,28,37)(H,30,32)/i1D3. The zero-order chi connectivity index (χ0) is 29.9. The van der Waals surface area contributed by atoms with Crippen LogP contribution in [0.25, 0.3) is 11.4 Å². The van der Waals surface area contributed by atoms with Gasteiger partial charge in [-0.25, -0.2) is 14.4 Å². The maximum absolute atomic E-state index is 14.3. The van der Waals surface area contributed by atoms with Gasteiger partial charge in [-0.1, -0.05) is 11.6 Å². The number of pyridine rings is 1. The molecule has 4 rings (SSSR count). The summed E-state index contributed by atoms with van der Waals surface area (Å²) in [7, 11) is 3.11. The highest BCUT2D eigenvalue weighted by molar-refractivity contribution is 6.29. The highest BCUT2D eigenvalue weighted by atomic mass is 35.5. The molecule has 0 radical (unpaired) electrons. The van der Waals surface area contributed by atoms with Gasteiger partial charge in [-0.2, -0.15) is 5.10 Å². The van der Waals surface area contributed by atoms with E-state index in [0.717, 1.165) is 6.07 Å². The third-order valence-corrected chi connectivity index (χ3v) is 5.66. The summed E-state index contributed by atoms with van der Waals surface area (Å²) in [5.41, 5.74) is 6.58. The average molecular weight is 545 g/mol. The number of nitrogens with two attached hydrogens (primary N) is 1. The molecule has 1 atom stereocenters. The number of rotatable bonds is 9. The Bertz CT molecular complexity index is 1590.